The zero-order chi connectivity index (χ0) is 25.8. The zero-order valence-electron chi connectivity index (χ0n) is 19.6. The number of fused-ring (bicyclic) bond motifs is 3. The van der Waals surface area contributed by atoms with Gasteiger partial charge in [-0.15, -0.1) is 0 Å². The quantitative estimate of drug-likeness (QED) is 0.528. The minimum absolute atomic E-state index is 0.103. The van der Waals surface area contributed by atoms with E-state index in [0.29, 0.717) is 36.5 Å². The van der Waals surface area contributed by atoms with E-state index < -0.39 is 28.7 Å². The van der Waals surface area contributed by atoms with E-state index in [-0.39, 0.29) is 17.3 Å². The first-order valence-electron chi connectivity index (χ1n) is 10.7. The molecule has 1 aromatic heterocycles. The van der Waals surface area contributed by atoms with Crippen LogP contribution in [0.1, 0.15) is 50.0 Å². The highest BCUT2D eigenvalue weighted by Gasteiger charge is 2.53. The van der Waals surface area contributed by atoms with E-state index in [1.54, 1.807) is 13.2 Å². The van der Waals surface area contributed by atoms with Crippen LogP contribution in [-0.2, 0) is 11.3 Å². The molecule has 1 aliphatic heterocycles. The molecule has 188 valence electrons. The van der Waals surface area contributed by atoms with Gasteiger partial charge < -0.3 is 14.6 Å². The Morgan fingerprint density at radius 3 is 2.38 bits per heavy atom. The van der Waals surface area contributed by atoms with Gasteiger partial charge in [0.2, 0.25) is 0 Å². The third-order valence-corrected chi connectivity index (χ3v) is 5.66. The molecule has 0 amide bonds. The van der Waals surface area contributed by atoms with Crippen molar-refractivity contribution < 1.29 is 32.5 Å². The van der Waals surface area contributed by atoms with Gasteiger partial charge in [0, 0.05) is 38.0 Å². The molecule has 0 aliphatic carbocycles. The number of hydrogen-bond acceptors (Lipinski definition) is 5. The molecule has 11 heteroatoms. The third kappa shape index (κ3) is 5.33. The summed E-state index contributed by atoms with van der Waals surface area (Å²) in [4.78, 5) is 23.8. The highest BCUT2D eigenvalue weighted by Crippen LogP contribution is 2.42. The van der Waals surface area contributed by atoms with Gasteiger partial charge in [-0.1, -0.05) is 25.4 Å². The predicted octanol–water partition coefficient (Wildman–Crippen LogP) is 5.10. The Kier molecular flexibility index (Phi) is 8.65. The van der Waals surface area contributed by atoms with Crippen molar-refractivity contribution in [1.29, 1.82) is 0 Å². The molecular formula is C23H28ClF3N2O5. The van der Waals surface area contributed by atoms with Crippen molar-refractivity contribution in [2.75, 3.05) is 25.3 Å². The van der Waals surface area contributed by atoms with E-state index >= 15 is 0 Å². The van der Waals surface area contributed by atoms with E-state index in [0.717, 1.165) is 35.8 Å². The third-order valence-electron chi connectivity index (χ3n) is 5.37. The molecule has 0 fully saturated rings. The lowest BCUT2D eigenvalue weighted by molar-refractivity contribution is -0.182. The fourth-order valence-electron chi connectivity index (χ4n) is 3.40. The van der Waals surface area contributed by atoms with Gasteiger partial charge in [-0.25, -0.2) is 4.79 Å². The Morgan fingerprint density at radius 1 is 1.18 bits per heavy atom. The number of nitrogens with zero attached hydrogens (tertiary/aromatic N) is 2. The second-order valence-corrected chi connectivity index (χ2v) is 8.24. The van der Waals surface area contributed by atoms with Crippen LogP contribution in [0, 0.1) is 0 Å². The molecule has 0 atom stereocenters. The van der Waals surface area contributed by atoms with Crippen LogP contribution in [0.4, 0.5) is 13.2 Å². The summed E-state index contributed by atoms with van der Waals surface area (Å²) in [7, 11) is 1.55. The van der Waals surface area contributed by atoms with Crippen LogP contribution in [-0.4, -0.2) is 47.8 Å². The monoisotopic (exact) mass is 504 g/mol. The van der Waals surface area contributed by atoms with Gasteiger partial charge in [-0.3, -0.25) is 14.5 Å². The molecule has 0 saturated heterocycles. The van der Waals surface area contributed by atoms with E-state index in [2.05, 4.69) is 0 Å². The Bertz CT molecular complexity index is 1100. The first-order valence-corrected chi connectivity index (χ1v) is 11.1. The lowest BCUT2D eigenvalue weighted by atomic mass is 9.96. The van der Waals surface area contributed by atoms with Crippen LogP contribution in [0.15, 0.2) is 29.2 Å². The smallest absolute Gasteiger partial charge is 0.412 e. The van der Waals surface area contributed by atoms with Gasteiger partial charge >= 0.3 is 12.1 Å². The van der Waals surface area contributed by atoms with Crippen LogP contribution in [0.25, 0.3) is 11.3 Å². The fraction of sp³-hybridized carbons (Fsp3) is 0.478. The number of rotatable bonds is 7. The standard InChI is InChI=1S/C21H22ClF3N2O5.C2H6/c1-20(2,21(23,24)25)27-10-12-7-18(32-6-4-5-31-3)15(22)8-13(12)16-9-17(28)14(19(29)30)11-26(16)27;1-2/h7-9,11H,4-6,10H2,1-3H3,(H,29,30);1-2H3. The number of carboxylic acid groups (broad SMARTS) is 1. The van der Waals surface area contributed by atoms with E-state index in [4.69, 9.17) is 21.1 Å². The Labute approximate surface area is 200 Å². The van der Waals surface area contributed by atoms with Gasteiger partial charge in [0.15, 0.2) is 5.43 Å². The number of carboxylic acids is 1. The van der Waals surface area contributed by atoms with Crippen molar-refractivity contribution in [2.45, 2.75) is 52.4 Å². The van der Waals surface area contributed by atoms with Crippen LogP contribution in [0.3, 0.4) is 0 Å². The molecule has 3 rings (SSSR count). The first kappa shape index (κ1) is 27.5. The molecule has 2 aromatic rings. The fourth-order valence-corrected chi connectivity index (χ4v) is 3.61. The van der Waals surface area contributed by atoms with Crippen molar-refractivity contribution in [2.24, 2.45) is 0 Å². The van der Waals surface area contributed by atoms with Crippen LogP contribution < -0.4 is 15.2 Å². The molecule has 0 spiro atoms. The highest BCUT2D eigenvalue weighted by molar-refractivity contribution is 6.32. The van der Waals surface area contributed by atoms with Crippen molar-refractivity contribution in [3.63, 3.8) is 0 Å². The molecule has 0 bridgehead atoms. The summed E-state index contributed by atoms with van der Waals surface area (Å²) < 4.78 is 53.4. The number of ether oxygens (including phenoxy) is 2. The number of methoxy groups -OCH3 is 1. The Morgan fingerprint density at radius 2 is 1.82 bits per heavy atom. The average molecular weight is 505 g/mol. The topological polar surface area (TPSA) is 81.0 Å². The van der Waals surface area contributed by atoms with Gasteiger partial charge in [-0.2, -0.15) is 13.2 Å². The summed E-state index contributed by atoms with van der Waals surface area (Å²) in [5.41, 5.74) is -2.87. The average Bonchev–Trinajstić information content (AvgIpc) is 2.76. The van der Waals surface area contributed by atoms with Gasteiger partial charge in [0.25, 0.3) is 0 Å². The minimum atomic E-state index is -4.65. The zero-order valence-corrected chi connectivity index (χ0v) is 20.4. The SMILES string of the molecule is CC.COCCCOc1cc2c(cc1Cl)-c1cc(=O)c(C(=O)O)cn1N(C(C)(C)C(F)(F)F)C2. The molecule has 0 saturated carbocycles. The normalized spacial score (nSPS) is 12.9. The van der Waals surface area contributed by atoms with E-state index in [9.17, 15) is 27.9 Å². The molecule has 0 unspecified atom stereocenters. The predicted molar refractivity (Wildman–Crippen MR) is 123 cm³/mol. The highest BCUT2D eigenvalue weighted by atomic mass is 35.5. The number of aromatic carboxylic acids is 1. The summed E-state index contributed by atoms with van der Waals surface area (Å²) in [5.74, 6) is -1.23. The number of benzene rings is 1. The first-order chi connectivity index (χ1) is 15.9. The molecule has 7 nitrogen and oxygen atoms in total. The molecule has 34 heavy (non-hydrogen) atoms. The molecule has 0 radical (unpaired) electrons. The number of hydrogen-bond donors (Lipinski definition) is 1. The molecule has 1 N–H and O–H groups in total. The number of pyridine rings is 1. The second kappa shape index (κ2) is 10.7. The van der Waals surface area contributed by atoms with Crippen molar-refractivity contribution in [3.8, 4) is 17.0 Å². The number of carbonyl (C=O) groups is 1. The molecule has 2 heterocycles. The Hall–Kier alpha value is -2.72. The summed E-state index contributed by atoms with van der Waals surface area (Å²) in [6.45, 7) is 6.51. The summed E-state index contributed by atoms with van der Waals surface area (Å²) in [5, 5.41) is 10.5. The summed E-state index contributed by atoms with van der Waals surface area (Å²) in [6.07, 6.45) is -3.15. The van der Waals surface area contributed by atoms with Crippen molar-refractivity contribution in [3.05, 3.63) is 50.8 Å². The van der Waals surface area contributed by atoms with Gasteiger partial charge in [0.05, 0.1) is 23.9 Å². The minimum Gasteiger partial charge on any atom is -0.492 e. The number of aromatic nitrogens is 1. The van der Waals surface area contributed by atoms with E-state index in [1.807, 2.05) is 13.8 Å². The number of halogens is 4. The lowest BCUT2D eigenvalue weighted by Crippen LogP contribution is -2.60. The maximum Gasteiger partial charge on any atom is 0.412 e. The van der Waals surface area contributed by atoms with Crippen molar-refractivity contribution >= 4 is 17.6 Å². The van der Waals surface area contributed by atoms with Crippen molar-refractivity contribution in [1.82, 2.24) is 4.68 Å². The second-order valence-electron chi connectivity index (χ2n) is 7.84. The van der Waals surface area contributed by atoms with Crippen LogP contribution in [0.2, 0.25) is 5.02 Å². The van der Waals surface area contributed by atoms with E-state index in [1.165, 1.54) is 6.07 Å². The molecular weight excluding hydrogens is 477 g/mol. The Balaban J connectivity index is 0.00000199. The van der Waals surface area contributed by atoms with Crippen LogP contribution in [0.5, 0.6) is 5.75 Å². The lowest BCUT2D eigenvalue weighted by Gasteiger charge is -2.46. The summed E-state index contributed by atoms with van der Waals surface area (Å²) in [6, 6.07) is 4.06. The largest absolute Gasteiger partial charge is 0.492 e. The molecule has 1 aliphatic rings. The van der Waals surface area contributed by atoms with Gasteiger partial charge in [-0.05, 0) is 31.5 Å². The summed E-state index contributed by atoms with van der Waals surface area (Å²) >= 11 is 6.33. The molecule has 1 aromatic carbocycles. The maximum absolute atomic E-state index is 13.9. The maximum atomic E-state index is 13.9. The number of alkyl halides is 3. The van der Waals surface area contributed by atoms with Gasteiger partial charge in [0.1, 0.15) is 16.9 Å². The van der Waals surface area contributed by atoms with Crippen LogP contribution >= 0.6 is 11.6 Å².